The molecule has 0 bridgehead atoms. The standard InChI is InChI=1S/C20H16N2O2S/c23-20(21-24)15-11-9-14(10-12-15)13-22-16-5-1-3-7-18(16)25-19-8-4-2-6-17(19)22/h1-12,24H,13H2,(H,21,23). The van der Waals surface area contributed by atoms with E-state index in [9.17, 15) is 4.79 Å². The van der Waals surface area contributed by atoms with Gasteiger partial charge in [0, 0.05) is 21.9 Å². The van der Waals surface area contributed by atoms with Crippen LogP contribution in [-0.4, -0.2) is 11.1 Å². The van der Waals surface area contributed by atoms with Crippen molar-refractivity contribution in [3.05, 3.63) is 83.9 Å². The molecule has 0 spiro atoms. The Morgan fingerprint density at radius 1 is 0.880 bits per heavy atom. The number of para-hydroxylation sites is 2. The van der Waals surface area contributed by atoms with Gasteiger partial charge in [-0.15, -0.1) is 0 Å². The van der Waals surface area contributed by atoms with Crippen LogP contribution in [0.3, 0.4) is 0 Å². The highest BCUT2D eigenvalue weighted by Gasteiger charge is 2.22. The van der Waals surface area contributed by atoms with E-state index >= 15 is 0 Å². The fraction of sp³-hybridized carbons (Fsp3) is 0.0500. The minimum atomic E-state index is -0.503. The monoisotopic (exact) mass is 348 g/mol. The van der Waals surface area contributed by atoms with Gasteiger partial charge in [0.25, 0.3) is 5.91 Å². The molecule has 4 rings (SSSR count). The van der Waals surface area contributed by atoms with Gasteiger partial charge >= 0.3 is 0 Å². The topological polar surface area (TPSA) is 52.6 Å². The molecule has 3 aromatic carbocycles. The van der Waals surface area contributed by atoms with Gasteiger partial charge in [-0.05, 0) is 42.0 Å². The number of carbonyl (C=O) groups excluding carboxylic acids is 1. The summed E-state index contributed by atoms with van der Waals surface area (Å²) in [5, 5.41) is 8.73. The molecule has 1 aliphatic rings. The third-order valence-electron chi connectivity index (χ3n) is 4.19. The number of nitrogens with one attached hydrogen (secondary N) is 1. The van der Waals surface area contributed by atoms with Gasteiger partial charge in [0.05, 0.1) is 11.4 Å². The second kappa shape index (κ2) is 6.63. The minimum absolute atomic E-state index is 0.432. The summed E-state index contributed by atoms with van der Waals surface area (Å²) in [6, 6.07) is 24.0. The molecule has 1 aliphatic heterocycles. The van der Waals surface area contributed by atoms with Gasteiger partial charge in [0.2, 0.25) is 0 Å². The highest BCUT2D eigenvalue weighted by Crippen LogP contribution is 2.48. The molecule has 3 aromatic rings. The highest BCUT2D eigenvalue weighted by atomic mass is 32.2. The first-order valence-corrected chi connectivity index (χ1v) is 8.75. The molecule has 0 atom stereocenters. The van der Waals surface area contributed by atoms with Crippen LogP contribution in [0.4, 0.5) is 11.4 Å². The minimum Gasteiger partial charge on any atom is -0.335 e. The van der Waals surface area contributed by atoms with E-state index < -0.39 is 5.91 Å². The number of fused-ring (bicyclic) bond motifs is 2. The van der Waals surface area contributed by atoms with Crippen LogP contribution in [0.15, 0.2) is 82.6 Å². The number of hydroxylamine groups is 1. The zero-order valence-electron chi connectivity index (χ0n) is 13.3. The molecular formula is C20H16N2O2S. The van der Waals surface area contributed by atoms with Gasteiger partial charge in [0.1, 0.15) is 0 Å². The summed E-state index contributed by atoms with van der Waals surface area (Å²) in [5.41, 5.74) is 5.54. The maximum Gasteiger partial charge on any atom is 0.274 e. The smallest absolute Gasteiger partial charge is 0.274 e. The van der Waals surface area contributed by atoms with Crippen molar-refractivity contribution < 1.29 is 10.0 Å². The molecule has 2 N–H and O–H groups in total. The maximum absolute atomic E-state index is 11.5. The summed E-state index contributed by atoms with van der Waals surface area (Å²) in [5.74, 6) is -0.503. The summed E-state index contributed by atoms with van der Waals surface area (Å²) >= 11 is 1.78. The van der Waals surface area contributed by atoms with Gasteiger partial charge in [-0.1, -0.05) is 48.2 Å². The second-order valence-electron chi connectivity index (χ2n) is 5.76. The lowest BCUT2D eigenvalue weighted by Crippen LogP contribution is -2.21. The fourth-order valence-corrected chi connectivity index (χ4v) is 4.06. The Morgan fingerprint density at radius 3 is 2.00 bits per heavy atom. The number of amides is 1. The van der Waals surface area contributed by atoms with Crippen molar-refractivity contribution in [2.45, 2.75) is 16.3 Å². The van der Waals surface area contributed by atoms with Crippen LogP contribution in [0.2, 0.25) is 0 Å². The summed E-state index contributed by atoms with van der Waals surface area (Å²) < 4.78 is 0. The third kappa shape index (κ3) is 2.99. The molecule has 0 saturated carbocycles. The number of anilines is 2. The Kier molecular flexibility index (Phi) is 4.17. The SMILES string of the molecule is O=C(NO)c1ccc(CN2c3ccccc3Sc3ccccc32)cc1. The second-order valence-corrected chi connectivity index (χ2v) is 6.85. The van der Waals surface area contributed by atoms with Crippen LogP contribution in [0, 0.1) is 0 Å². The normalized spacial score (nSPS) is 12.3. The number of benzene rings is 3. The Labute approximate surface area is 150 Å². The zero-order chi connectivity index (χ0) is 17.2. The molecule has 124 valence electrons. The number of rotatable bonds is 3. The van der Waals surface area contributed by atoms with Crippen molar-refractivity contribution >= 4 is 29.0 Å². The van der Waals surface area contributed by atoms with Gasteiger partial charge in [-0.3, -0.25) is 10.0 Å². The van der Waals surface area contributed by atoms with Crippen LogP contribution in [0.25, 0.3) is 0 Å². The quantitative estimate of drug-likeness (QED) is 0.536. The predicted molar refractivity (Wildman–Crippen MR) is 98.5 cm³/mol. The first kappa shape index (κ1) is 15.7. The van der Waals surface area contributed by atoms with Crippen molar-refractivity contribution in [3.8, 4) is 0 Å². The van der Waals surface area contributed by atoms with E-state index in [4.69, 9.17) is 5.21 Å². The number of carbonyl (C=O) groups is 1. The van der Waals surface area contributed by atoms with Crippen molar-refractivity contribution in [3.63, 3.8) is 0 Å². The molecule has 0 saturated heterocycles. The summed E-state index contributed by atoms with van der Waals surface area (Å²) in [4.78, 5) is 16.2. The van der Waals surface area contributed by atoms with E-state index in [0.29, 0.717) is 12.1 Å². The van der Waals surface area contributed by atoms with Crippen LogP contribution in [0.5, 0.6) is 0 Å². The van der Waals surface area contributed by atoms with Gasteiger partial charge < -0.3 is 4.90 Å². The largest absolute Gasteiger partial charge is 0.335 e. The average molecular weight is 348 g/mol. The molecular weight excluding hydrogens is 332 g/mol. The van der Waals surface area contributed by atoms with Crippen molar-refractivity contribution in [1.29, 1.82) is 0 Å². The number of hydrogen-bond acceptors (Lipinski definition) is 4. The van der Waals surface area contributed by atoms with Crippen molar-refractivity contribution in [1.82, 2.24) is 5.48 Å². The maximum atomic E-state index is 11.5. The summed E-state index contributed by atoms with van der Waals surface area (Å²) in [6.45, 7) is 0.704. The molecule has 1 heterocycles. The lowest BCUT2D eigenvalue weighted by atomic mass is 10.1. The van der Waals surface area contributed by atoms with E-state index in [-0.39, 0.29) is 0 Å². The molecule has 0 fully saturated rings. The fourth-order valence-electron chi connectivity index (χ4n) is 2.96. The lowest BCUT2D eigenvalue weighted by molar-refractivity contribution is 0.0706. The first-order valence-electron chi connectivity index (χ1n) is 7.93. The van der Waals surface area contributed by atoms with E-state index in [2.05, 4.69) is 53.4 Å². The van der Waals surface area contributed by atoms with E-state index in [0.717, 1.165) is 5.56 Å². The van der Waals surface area contributed by atoms with Gasteiger partial charge in [-0.2, -0.15) is 0 Å². The van der Waals surface area contributed by atoms with Crippen molar-refractivity contribution in [2.75, 3.05) is 4.90 Å². The molecule has 1 amide bonds. The Balaban J connectivity index is 1.69. The Hall–Kier alpha value is -2.76. The molecule has 0 aromatic heterocycles. The zero-order valence-corrected chi connectivity index (χ0v) is 14.2. The van der Waals surface area contributed by atoms with Crippen LogP contribution >= 0.6 is 11.8 Å². The van der Waals surface area contributed by atoms with E-state index in [1.807, 2.05) is 12.1 Å². The molecule has 25 heavy (non-hydrogen) atoms. The van der Waals surface area contributed by atoms with Crippen LogP contribution in [0.1, 0.15) is 15.9 Å². The Morgan fingerprint density at radius 2 is 1.44 bits per heavy atom. The highest BCUT2D eigenvalue weighted by molar-refractivity contribution is 7.99. The van der Waals surface area contributed by atoms with Crippen LogP contribution in [-0.2, 0) is 6.54 Å². The van der Waals surface area contributed by atoms with Crippen molar-refractivity contribution in [2.24, 2.45) is 0 Å². The van der Waals surface area contributed by atoms with Crippen LogP contribution < -0.4 is 10.4 Å². The Bertz CT molecular complexity index is 879. The molecule has 0 aliphatic carbocycles. The predicted octanol–water partition coefficient (Wildman–Crippen LogP) is 4.61. The summed E-state index contributed by atoms with van der Waals surface area (Å²) in [7, 11) is 0. The lowest BCUT2D eigenvalue weighted by Gasteiger charge is -2.32. The first-order chi connectivity index (χ1) is 12.3. The number of hydrogen-bond donors (Lipinski definition) is 2. The van der Waals surface area contributed by atoms with E-state index in [1.54, 1.807) is 29.4 Å². The van der Waals surface area contributed by atoms with Gasteiger partial charge in [0.15, 0.2) is 0 Å². The third-order valence-corrected chi connectivity index (χ3v) is 5.32. The summed E-state index contributed by atoms with van der Waals surface area (Å²) in [6.07, 6.45) is 0. The van der Waals surface area contributed by atoms with Gasteiger partial charge in [-0.25, -0.2) is 5.48 Å². The number of nitrogens with zero attached hydrogens (tertiary/aromatic N) is 1. The molecule has 0 unspecified atom stereocenters. The molecule has 5 heteroatoms. The molecule has 0 radical (unpaired) electrons. The molecule has 4 nitrogen and oxygen atoms in total. The average Bonchev–Trinajstić information content (AvgIpc) is 2.67. The van der Waals surface area contributed by atoms with E-state index in [1.165, 1.54) is 21.2 Å².